The molecule has 2 heterocycles. The Morgan fingerprint density at radius 1 is 1.26 bits per heavy atom. The van der Waals surface area contributed by atoms with E-state index in [4.69, 9.17) is 0 Å². The predicted octanol–water partition coefficient (Wildman–Crippen LogP) is 3.32. The lowest BCUT2D eigenvalue weighted by molar-refractivity contribution is -0.140. The summed E-state index contributed by atoms with van der Waals surface area (Å²) in [6.45, 7) is 3.86. The van der Waals surface area contributed by atoms with Crippen LogP contribution in [0.1, 0.15) is 24.9 Å². The number of nitrogens with zero attached hydrogens (tertiary/aromatic N) is 4. The summed E-state index contributed by atoms with van der Waals surface area (Å²) in [6, 6.07) is 7.45. The zero-order valence-corrected chi connectivity index (χ0v) is 13.6. The molecule has 0 spiro atoms. The summed E-state index contributed by atoms with van der Waals surface area (Å²) in [5, 5.41) is 10.1. The molecule has 0 fully saturated rings. The minimum Gasteiger partial charge on any atom is -0.480 e. The first-order chi connectivity index (χ1) is 11.1. The molecule has 3 aromatic rings. The predicted molar refractivity (Wildman–Crippen MR) is 87.6 cm³/mol. The van der Waals surface area contributed by atoms with Crippen LogP contribution < -0.4 is 0 Å². The van der Waals surface area contributed by atoms with Crippen LogP contribution in [-0.2, 0) is 4.79 Å². The van der Waals surface area contributed by atoms with Gasteiger partial charge in [-0.2, -0.15) is 0 Å². The minimum absolute atomic E-state index is 0.464. The van der Waals surface area contributed by atoms with Crippen molar-refractivity contribution in [1.29, 1.82) is 0 Å². The number of fused-ring (bicyclic) bond motifs is 1. The third kappa shape index (κ3) is 3.05. The molecule has 1 aromatic carbocycles. The topological polar surface area (TPSA) is 80.9 Å². The van der Waals surface area contributed by atoms with Gasteiger partial charge in [-0.15, -0.1) is 0 Å². The van der Waals surface area contributed by atoms with Crippen LogP contribution in [-0.4, -0.2) is 30.6 Å². The molecule has 0 aliphatic rings. The minimum atomic E-state index is -0.891. The van der Waals surface area contributed by atoms with E-state index in [9.17, 15) is 9.90 Å². The molecule has 23 heavy (non-hydrogen) atoms. The number of aryl methyl sites for hydroxylation is 1. The van der Waals surface area contributed by atoms with Gasteiger partial charge in [0.25, 0.3) is 0 Å². The van der Waals surface area contributed by atoms with E-state index in [1.807, 2.05) is 38.1 Å². The van der Waals surface area contributed by atoms with Gasteiger partial charge in [0, 0.05) is 4.90 Å². The highest BCUT2D eigenvalue weighted by atomic mass is 32.2. The number of benzene rings is 1. The number of carboxylic acids is 1. The molecule has 7 heteroatoms. The van der Waals surface area contributed by atoms with Gasteiger partial charge in [0.2, 0.25) is 0 Å². The number of imidazole rings is 1. The van der Waals surface area contributed by atoms with Crippen molar-refractivity contribution in [2.75, 3.05) is 0 Å². The van der Waals surface area contributed by atoms with E-state index in [0.29, 0.717) is 17.6 Å². The lowest BCUT2D eigenvalue weighted by atomic mass is 10.2. The largest absolute Gasteiger partial charge is 0.480 e. The summed E-state index contributed by atoms with van der Waals surface area (Å²) >= 11 is 1.49. The van der Waals surface area contributed by atoms with Gasteiger partial charge in [0.05, 0.1) is 6.33 Å². The highest BCUT2D eigenvalue weighted by molar-refractivity contribution is 7.99. The first kappa shape index (κ1) is 15.5. The smallest absolute Gasteiger partial charge is 0.326 e. The van der Waals surface area contributed by atoms with Gasteiger partial charge >= 0.3 is 5.97 Å². The van der Waals surface area contributed by atoms with Crippen LogP contribution in [0.3, 0.4) is 0 Å². The third-order valence-electron chi connectivity index (χ3n) is 3.57. The van der Waals surface area contributed by atoms with Gasteiger partial charge in [0.1, 0.15) is 22.9 Å². The number of aromatic nitrogens is 4. The van der Waals surface area contributed by atoms with E-state index in [2.05, 4.69) is 15.0 Å². The summed E-state index contributed by atoms with van der Waals surface area (Å²) < 4.78 is 1.60. The summed E-state index contributed by atoms with van der Waals surface area (Å²) in [4.78, 5) is 25.3. The highest BCUT2D eigenvalue weighted by Crippen LogP contribution is 2.31. The molecule has 1 atom stereocenters. The van der Waals surface area contributed by atoms with Crippen molar-refractivity contribution in [2.45, 2.75) is 36.2 Å². The van der Waals surface area contributed by atoms with Crippen molar-refractivity contribution in [3.8, 4) is 0 Å². The van der Waals surface area contributed by atoms with Crippen LogP contribution in [0.2, 0.25) is 0 Å². The van der Waals surface area contributed by atoms with Crippen LogP contribution in [0.15, 0.2) is 46.8 Å². The van der Waals surface area contributed by atoms with Crippen LogP contribution in [0.5, 0.6) is 0 Å². The standard InChI is InChI=1S/C16H16N4O2S/c1-3-12(16(21)22)20-9-19-13-14(20)17-8-18-15(13)23-11-6-4-10(2)5-7-11/h4-9,12H,3H2,1-2H3,(H,21,22). The van der Waals surface area contributed by atoms with Crippen LogP contribution in [0.25, 0.3) is 11.2 Å². The van der Waals surface area contributed by atoms with Crippen molar-refractivity contribution in [3.63, 3.8) is 0 Å². The number of hydrogen-bond acceptors (Lipinski definition) is 5. The Hall–Kier alpha value is -2.41. The number of aliphatic carboxylic acids is 1. The quantitative estimate of drug-likeness (QED) is 0.724. The van der Waals surface area contributed by atoms with E-state index < -0.39 is 12.0 Å². The second-order valence-corrected chi connectivity index (χ2v) is 6.24. The lowest BCUT2D eigenvalue weighted by Crippen LogP contribution is -2.17. The highest BCUT2D eigenvalue weighted by Gasteiger charge is 2.21. The Bertz CT molecular complexity index is 845. The maximum absolute atomic E-state index is 11.4. The average molecular weight is 328 g/mol. The summed E-state index contributed by atoms with van der Waals surface area (Å²) in [5.74, 6) is -0.891. The van der Waals surface area contributed by atoms with E-state index in [1.165, 1.54) is 30.0 Å². The fourth-order valence-electron chi connectivity index (χ4n) is 2.34. The number of carbonyl (C=O) groups is 1. The van der Waals surface area contributed by atoms with Crippen LogP contribution in [0.4, 0.5) is 0 Å². The Labute approximate surface area is 137 Å². The molecule has 0 saturated heterocycles. The van der Waals surface area contributed by atoms with Crippen molar-refractivity contribution in [3.05, 3.63) is 42.5 Å². The maximum Gasteiger partial charge on any atom is 0.326 e. The van der Waals surface area contributed by atoms with Crippen LogP contribution in [0, 0.1) is 6.92 Å². The zero-order valence-electron chi connectivity index (χ0n) is 12.8. The molecule has 1 N–H and O–H groups in total. The molecule has 0 aliphatic carbocycles. The maximum atomic E-state index is 11.4. The Morgan fingerprint density at radius 3 is 2.65 bits per heavy atom. The summed E-state index contributed by atoms with van der Waals surface area (Å²) in [5.41, 5.74) is 2.36. The second-order valence-electron chi connectivity index (χ2n) is 5.18. The molecule has 0 aliphatic heterocycles. The van der Waals surface area contributed by atoms with E-state index in [-0.39, 0.29) is 0 Å². The molecule has 118 valence electrons. The average Bonchev–Trinajstić information content (AvgIpc) is 2.95. The SMILES string of the molecule is CCC(C(=O)O)n1cnc2c(Sc3ccc(C)cc3)ncnc21. The molecule has 3 rings (SSSR count). The lowest BCUT2D eigenvalue weighted by Gasteiger charge is -2.11. The first-order valence-electron chi connectivity index (χ1n) is 7.25. The normalized spacial score (nSPS) is 12.4. The molecule has 6 nitrogen and oxygen atoms in total. The molecule has 2 aromatic heterocycles. The van der Waals surface area contributed by atoms with Gasteiger partial charge in [-0.05, 0) is 25.5 Å². The molecular weight excluding hydrogens is 312 g/mol. The zero-order chi connectivity index (χ0) is 16.4. The third-order valence-corrected chi connectivity index (χ3v) is 4.57. The van der Waals surface area contributed by atoms with E-state index in [0.717, 1.165) is 9.92 Å². The van der Waals surface area contributed by atoms with Gasteiger partial charge in [-0.25, -0.2) is 19.7 Å². The molecule has 1 unspecified atom stereocenters. The number of carboxylic acid groups (broad SMARTS) is 1. The molecular formula is C16H16N4O2S. The molecule has 0 radical (unpaired) electrons. The Kier molecular flexibility index (Phi) is 4.29. The van der Waals surface area contributed by atoms with Gasteiger partial charge < -0.3 is 9.67 Å². The van der Waals surface area contributed by atoms with Crippen molar-refractivity contribution >= 4 is 28.9 Å². The van der Waals surface area contributed by atoms with Gasteiger partial charge in [0.15, 0.2) is 5.65 Å². The van der Waals surface area contributed by atoms with Crippen LogP contribution >= 0.6 is 11.8 Å². The molecule has 0 saturated carbocycles. The van der Waals surface area contributed by atoms with E-state index >= 15 is 0 Å². The second kappa shape index (κ2) is 6.37. The summed E-state index contributed by atoms with van der Waals surface area (Å²) in [6.07, 6.45) is 3.44. The monoisotopic (exact) mass is 328 g/mol. The van der Waals surface area contributed by atoms with Gasteiger partial charge in [-0.3, -0.25) is 0 Å². The van der Waals surface area contributed by atoms with E-state index in [1.54, 1.807) is 4.57 Å². The van der Waals surface area contributed by atoms with Crippen molar-refractivity contribution in [2.24, 2.45) is 0 Å². The van der Waals surface area contributed by atoms with Crippen molar-refractivity contribution in [1.82, 2.24) is 19.5 Å². The molecule has 0 amide bonds. The van der Waals surface area contributed by atoms with Crippen molar-refractivity contribution < 1.29 is 9.90 Å². The molecule has 0 bridgehead atoms. The number of rotatable bonds is 5. The Morgan fingerprint density at radius 2 is 2.00 bits per heavy atom. The Balaban J connectivity index is 2.01. The fraction of sp³-hybridized carbons (Fsp3) is 0.250. The first-order valence-corrected chi connectivity index (χ1v) is 8.06. The summed E-state index contributed by atoms with van der Waals surface area (Å²) in [7, 11) is 0. The van der Waals surface area contributed by atoms with Gasteiger partial charge in [-0.1, -0.05) is 36.4 Å². The fourth-order valence-corrected chi connectivity index (χ4v) is 3.18. The number of hydrogen-bond donors (Lipinski definition) is 1.